The van der Waals surface area contributed by atoms with Crippen molar-refractivity contribution in [2.45, 2.75) is 19.5 Å². The van der Waals surface area contributed by atoms with Crippen molar-refractivity contribution in [2.24, 2.45) is 17.8 Å². The maximum absolute atomic E-state index is 14.0. The molecule has 37 heavy (non-hydrogen) atoms. The molecule has 1 aromatic heterocycles. The Hall–Kier alpha value is -3.25. The van der Waals surface area contributed by atoms with E-state index in [2.05, 4.69) is 14.6 Å². The third-order valence-electron chi connectivity index (χ3n) is 6.65. The average molecular weight is 540 g/mol. The summed E-state index contributed by atoms with van der Waals surface area (Å²) in [6, 6.07) is 8.86. The van der Waals surface area contributed by atoms with Gasteiger partial charge in [0, 0.05) is 38.3 Å². The van der Waals surface area contributed by atoms with Crippen molar-refractivity contribution < 1.29 is 36.2 Å². The topological polar surface area (TPSA) is 54.9 Å². The van der Waals surface area contributed by atoms with E-state index in [4.69, 9.17) is 4.74 Å². The van der Waals surface area contributed by atoms with Gasteiger partial charge in [-0.25, -0.2) is 18.6 Å². The van der Waals surface area contributed by atoms with Gasteiger partial charge in [0.25, 0.3) is 0 Å². The number of thiazole rings is 1. The number of piperidine rings is 1. The Morgan fingerprint density at radius 2 is 1.92 bits per heavy atom. The molecule has 12 heteroatoms. The lowest BCUT2D eigenvalue weighted by atomic mass is 10.1. The summed E-state index contributed by atoms with van der Waals surface area (Å²) in [5, 5.41) is 1.57. The zero-order chi connectivity index (χ0) is 26.2. The van der Waals surface area contributed by atoms with Crippen LogP contribution in [0.5, 0.6) is 11.6 Å². The molecule has 2 unspecified atom stereocenters. The highest BCUT2D eigenvalue weighted by Crippen LogP contribution is 2.52. The molecule has 2 heterocycles. The number of carbonyl (C=O) groups is 1. The molecule has 2 aliphatic rings. The molecule has 1 aliphatic heterocycles. The predicted octanol–water partition coefficient (Wildman–Crippen LogP) is 5.70. The minimum atomic E-state index is -4.83. The Balaban J connectivity index is 1.23. The second kappa shape index (κ2) is 10.3. The Labute approximate surface area is 213 Å². The van der Waals surface area contributed by atoms with Crippen LogP contribution in [0.15, 0.2) is 53.4 Å². The Morgan fingerprint density at radius 3 is 2.62 bits per heavy atom. The van der Waals surface area contributed by atoms with Gasteiger partial charge < -0.3 is 14.4 Å². The van der Waals surface area contributed by atoms with Gasteiger partial charge in [-0.1, -0.05) is 12.1 Å². The van der Waals surface area contributed by atoms with Crippen LogP contribution in [0, 0.1) is 29.4 Å². The molecule has 2 fully saturated rings. The molecular formula is C25H22F5N3O3S. The first-order valence-electron chi connectivity index (χ1n) is 11.5. The Morgan fingerprint density at radius 1 is 1.14 bits per heavy atom. The van der Waals surface area contributed by atoms with Crippen molar-refractivity contribution in [3.63, 3.8) is 0 Å². The summed E-state index contributed by atoms with van der Waals surface area (Å²) in [6.07, 6.45) is -5.48. The molecule has 1 amide bonds. The first-order valence-corrected chi connectivity index (χ1v) is 12.4. The minimum Gasteiger partial charge on any atom is -0.406 e. The third kappa shape index (κ3) is 6.37. The maximum atomic E-state index is 14.0. The summed E-state index contributed by atoms with van der Waals surface area (Å²) in [5.74, 6) is -0.470. The van der Waals surface area contributed by atoms with Gasteiger partial charge in [-0.15, -0.1) is 24.5 Å². The number of ether oxygens (including phenoxy) is 2. The van der Waals surface area contributed by atoms with Crippen LogP contribution in [0.4, 0.5) is 26.7 Å². The molecule has 5 rings (SSSR count). The van der Waals surface area contributed by atoms with E-state index < -0.39 is 24.1 Å². The van der Waals surface area contributed by atoms with Crippen molar-refractivity contribution in [1.29, 1.82) is 0 Å². The molecule has 1 aliphatic carbocycles. The van der Waals surface area contributed by atoms with Crippen molar-refractivity contribution in [3.05, 3.63) is 76.1 Å². The number of aromatic nitrogens is 1. The van der Waals surface area contributed by atoms with Crippen molar-refractivity contribution in [3.8, 4) is 11.6 Å². The van der Waals surface area contributed by atoms with E-state index in [9.17, 15) is 26.7 Å². The Bertz CT molecular complexity index is 1240. The lowest BCUT2D eigenvalue weighted by molar-refractivity contribution is -0.274. The van der Waals surface area contributed by atoms with Crippen molar-refractivity contribution in [1.82, 2.24) is 14.8 Å². The van der Waals surface area contributed by atoms with E-state index in [0.717, 1.165) is 12.1 Å². The molecule has 1 saturated carbocycles. The van der Waals surface area contributed by atoms with Crippen LogP contribution in [-0.4, -0.2) is 46.9 Å². The van der Waals surface area contributed by atoms with E-state index in [1.54, 1.807) is 11.4 Å². The lowest BCUT2D eigenvalue weighted by Crippen LogP contribution is -2.36. The molecule has 3 aromatic rings. The number of likely N-dealkylation sites (tertiary alicyclic amines) is 1. The van der Waals surface area contributed by atoms with Crippen LogP contribution in [0.1, 0.15) is 11.1 Å². The summed E-state index contributed by atoms with van der Waals surface area (Å²) < 4.78 is 74.8. The molecule has 6 nitrogen and oxygen atoms in total. The number of alkyl halides is 3. The molecule has 0 N–H and O–H groups in total. The van der Waals surface area contributed by atoms with Gasteiger partial charge in [0.1, 0.15) is 17.4 Å². The number of nitrogens with zero attached hydrogens (tertiary/aromatic N) is 3. The fourth-order valence-corrected chi connectivity index (χ4v) is 5.42. The minimum absolute atomic E-state index is 0.0200. The summed E-state index contributed by atoms with van der Waals surface area (Å²) in [4.78, 5) is 20.4. The van der Waals surface area contributed by atoms with E-state index in [1.165, 1.54) is 46.0 Å². The van der Waals surface area contributed by atoms with Gasteiger partial charge in [-0.2, -0.15) is 0 Å². The monoisotopic (exact) mass is 539 g/mol. The molecule has 2 aromatic carbocycles. The van der Waals surface area contributed by atoms with Gasteiger partial charge >= 0.3 is 12.5 Å². The van der Waals surface area contributed by atoms with Gasteiger partial charge in [0.05, 0.1) is 10.9 Å². The normalized spacial score (nSPS) is 20.9. The lowest BCUT2D eigenvalue weighted by Gasteiger charge is -2.25. The number of carbonyl (C=O) groups excluding carboxylic acids is 1. The highest BCUT2D eigenvalue weighted by molar-refractivity contribution is 7.07. The van der Waals surface area contributed by atoms with Crippen LogP contribution in [0.2, 0.25) is 0 Å². The zero-order valence-corrected chi connectivity index (χ0v) is 20.1. The fraction of sp³-hybridized carbons (Fsp3) is 0.360. The van der Waals surface area contributed by atoms with Gasteiger partial charge in [-0.05, 0) is 53.6 Å². The van der Waals surface area contributed by atoms with Crippen molar-refractivity contribution >= 4 is 17.4 Å². The smallest absolute Gasteiger partial charge is 0.406 e. The van der Waals surface area contributed by atoms with Crippen LogP contribution in [-0.2, 0) is 13.1 Å². The molecule has 0 spiro atoms. The SMILES string of the molecule is O=C(Oc1cscn1)N(Cc1cccc(OC(F)(F)F)c1)CC1C2CN(Cc3cc(F)ccc3F)CC21. The average Bonchev–Trinajstić information content (AvgIpc) is 3.19. The third-order valence-corrected chi connectivity index (χ3v) is 7.21. The quantitative estimate of drug-likeness (QED) is 0.344. The molecule has 0 bridgehead atoms. The molecule has 2 atom stereocenters. The van der Waals surface area contributed by atoms with Crippen LogP contribution < -0.4 is 9.47 Å². The standard InChI is InChI=1S/C25H22F5N3O3S/c26-17-4-5-22(27)16(7-17)9-32-10-19-20(11-32)21(19)12-33(24(34)35-23-13-37-14-31-23)8-15-2-1-3-18(6-15)36-25(28,29)30/h1-7,13-14,19-21H,8-12H2. The number of benzene rings is 2. The first kappa shape index (κ1) is 25.4. The van der Waals surface area contributed by atoms with Crippen LogP contribution in [0.25, 0.3) is 0 Å². The zero-order valence-electron chi connectivity index (χ0n) is 19.3. The molecule has 1 saturated heterocycles. The number of hydrogen-bond donors (Lipinski definition) is 0. The summed E-state index contributed by atoms with van der Waals surface area (Å²) in [6.45, 7) is 2.01. The molecule has 0 radical (unpaired) electrons. The highest BCUT2D eigenvalue weighted by atomic mass is 32.1. The second-order valence-electron chi connectivity index (χ2n) is 9.19. The maximum Gasteiger partial charge on any atom is 0.573 e. The van der Waals surface area contributed by atoms with Gasteiger partial charge in [0.2, 0.25) is 5.88 Å². The predicted molar refractivity (Wildman–Crippen MR) is 124 cm³/mol. The van der Waals surface area contributed by atoms with E-state index in [0.29, 0.717) is 37.3 Å². The van der Waals surface area contributed by atoms with Gasteiger partial charge in [0.15, 0.2) is 0 Å². The van der Waals surface area contributed by atoms with Crippen molar-refractivity contribution in [2.75, 3.05) is 19.6 Å². The van der Waals surface area contributed by atoms with Crippen LogP contribution >= 0.6 is 11.3 Å². The number of hydrogen-bond acceptors (Lipinski definition) is 6. The summed E-state index contributed by atoms with van der Waals surface area (Å²) in [7, 11) is 0. The number of halogens is 5. The Kier molecular flexibility index (Phi) is 7.04. The fourth-order valence-electron chi connectivity index (χ4n) is 4.97. The second-order valence-corrected chi connectivity index (χ2v) is 9.91. The first-order chi connectivity index (χ1) is 17.6. The van der Waals surface area contributed by atoms with E-state index >= 15 is 0 Å². The molecular weight excluding hydrogens is 517 g/mol. The number of fused-ring (bicyclic) bond motifs is 1. The van der Waals surface area contributed by atoms with E-state index in [1.807, 2.05) is 0 Å². The van der Waals surface area contributed by atoms with Gasteiger partial charge in [-0.3, -0.25) is 4.90 Å². The molecule has 196 valence electrons. The van der Waals surface area contributed by atoms with Crippen LogP contribution in [0.3, 0.4) is 0 Å². The summed E-state index contributed by atoms with van der Waals surface area (Å²) in [5.41, 5.74) is 2.27. The largest absolute Gasteiger partial charge is 0.573 e. The highest BCUT2D eigenvalue weighted by Gasteiger charge is 2.56. The number of amides is 1. The van der Waals surface area contributed by atoms with E-state index in [-0.39, 0.29) is 35.9 Å². The number of rotatable bonds is 8. The summed E-state index contributed by atoms with van der Waals surface area (Å²) >= 11 is 1.26.